The first-order valence-electron chi connectivity index (χ1n) is 8.61. The molecule has 3 rings (SSSR count). The average molecular weight is 322 g/mol. The molecule has 2 aliphatic rings. The largest absolute Gasteiger partial charge is 0.393 e. The molecule has 0 bridgehead atoms. The number of anilines is 1. The van der Waals surface area contributed by atoms with E-state index in [1.165, 1.54) is 12.8 Å². The van der Waals surface area contributed by atoms with Gasteiger partial charge in [-0.2, -0.15) is 0 Å². The minimum absolute atomic E-state index is 0.171. The fourth-order valence-electron chi connectivity index (χ4n) is 3.31. The van der Waals surface area contributed by atoms with Crippen molar-refractivity contribution >= 4 is 5.69 Å². The molecule has 0 spiro atoms. The number of nitrogens with one attached hydrogen (secondary N) is 1. The molecule has 23 heavy (non-hydrogen) atoms. The Kier molecular flexibility index (Phi) is 5.51. The highest BCUT2D eigenvalue weighted by Crippen LogP contribution is 2.33. The molecule has 5 heteroatoms. The molecular formula is C18H27FN2O2. The van der Waals surface area contributed by atoms with Crippen LogP contribution in [0.3, 0.4) is 0 Å². The summed E-state index contributed by atoms with van der Waals surface area (Å²) in [5.41, 5.74) is 1.61. The Labute approximate surface area is 137 Å². The van der Waals surface area contributed by atoms with Crippen molar-refractivity contribution in [1.29, 1.82) is 0 Å². The fraction of sp³-hybridized carbons (Fsp3) is 0.667. The number of aliphatic hydroxyl groups excluding tert-OH is 1. The van der Waals surface area contributed by atoms with Crippen LogP contribution in [0.5, 0.6) is 0 Å². The molecule has 2 N–H and O–H groups in total. The van der Waals surface area contributed by atoms with E-state index >= 15 is 0 Å². The molecule has 0 radical (unpaired) electrons. The third kappa shape index (κ3) is 4.43. The molecule has 1 aliphatic heterocycles. The predicted molar refractivity (Wildman–Crippen MR) is 89.1 cm³/mol. The fourth-order valence-corrected chi connectivity index (χ4v) is 3.31. The first-order chi connectivity index (χ1) is 11.2. The molecule has 1 saturated heterocycles. The van der Waals surface area contributed by atoms with Crippen molar-refractivity contribution in [3.05, 3.63) is 29.6 Å². The summed E-state index contributed by atoms with van der Waals surface area (Å²) >= 11 is 0. The van der Waals surface area contributed by atoms with E-state index in [1.54, 1.807) is 13.2 Å². The van der Waals surface area contributed by atoms with Crippen LogP contribution in [0.2, 0.25) is 0 Å². The minimum atomic E-state index is -0.238. The van der Waals surface area contributed by atoms with Gasteiger partial charge in [0.15, 0.2) is 0 Å². The number of benzene rings is 1. The Hall–Kier alpha value is -1.17. The maximum absolute atomic E-state index is 14.4. The number of rotatable bonds is 7. The van der Waals surface area contributed by atoms with Gasteiger partial charge in [0.05, 0.1) is 18.4 Å². The van der Waals surface area contributed by atoms with Gasteiger partial charge in [-0.3, -0.25) is 0 Å². The lowest BCUT2D eigenvalue weighted by atomic mass is 10.1. The molecule has 1 aromatic carbocycles. The highest BCUT2D eigenvalue weighted by atomic mass is 19.1. The lowest BCUT2D eigenvalue weighted by molar-refractivity contribution is 0.145. The zero-order chi connectivity index (χ0) is 16.2. The quantitative estimate of drug-likeness (QED) is 0.808. The van der Waals surface area contributed by atoms with Crippen molar-refractivity contribution in [2.75, 3.05) is 31.7 Å². The van der Waals surface area contributed by atoms with E-state index in [0.717, 1.165) is 5.56 Å². The highest BCUT2D eigenvalue weighted by molar-refractivity contribution is 5.49. The molecular weight excluding hydrogens is 295 g/mol. The third-order valence-corrected chi connectivity index (χ3v) is 4.92. The number of methoxy groups -OCH3 is 1. The third-order valence-electron chi connectivity index (χ3n) is 4.92. The van der Waals surface area contributed by atoms with Gasteiger partial charge in [0, 0.05) is 32.8 Å². The smallest absolute Gasteiger partial charge is 0.146 e. The number of halogens is 1. The Balaban J connectivity index is 1.58. The van der Waals surface area contributed by atoms with Crippen molar-refractivity contribution in [2.45, 2.75) is 44.4 Å². The lowest BCUT2D eigenvalue weighted by Crippen LogP contribution is -2.36. The Bertz CT molecular complexity index is 514. The summed E-state index contributed by atoms with van der Waals surface area (Å²) in [6.45, 7) is 2.81. The van der Waals surface area contributed by atoms with Gasteiger partial charge >= 0.3 is 0 Å². The van der Waals surface area contributed by atoms with Crippen LogP contribution in [-0.4, -0.2) is 44.1 Å². The Morgan fingerprint density at radius 1 is 1.30 bits per heavy atom. The molecule has 4 nitrogen and oxygen atoms in total. The van der Waals surface area contributed by atoms with E-state index in [4.69, 9.17) is 4.74 Å². The summed E-state index contributed by atoms with van der Waals surface area (Å²) in [4.78, 5) is 2.02. The zero-order valence-corrected chi connectivity index (χ0v) is 13.8. The molecule has 1 heterocycles. The monoisotopic (exact) mass is 322 g/mol. The Morgan fingerprint density at radius 2 is 2.04 bits per heavy atom. The molecule has 1 saturated carbocycles. The van der Waals surface area contributed by atoms with Crippen LogP contribution in [0, 0.1) is 11.7 Å². The van der Waals surface area contributed by atoms with Crippen molar-refractivity contribution in [3.63, 3.8) is 0 Å². The summed E-state index contributed by atoms with van der Waals surface area (Å²) in [6.07, 6.45) is 3.70. The Morgan fingerprint density at radius 3 is 2.65 bits per heavy atom. The van der Waals surface area contributed by atoms with Gasteiger partial charge in [-0.1, -0.05) is 6.07 Å². The van der Waals surface area contributed by atoms with Gasteiger partial charge in [-0.25, -0.2) is 4.39 Å². The van der Waals surface area contributed by atoms with Crippen LogP contribution in [-0.2, 0) is 11.3 Å². The van der Waals surface area contributed by atoms with E-state index in [9.17, 15) is 9.50 Å². The van der Waals surface area contributed by atoms with Crippen molar-refractivity contribution < 1.29 is 14.2 Å². The van der Waals surface area contributed by atoms with E-state index in [-0.39, 0.29) is 11.9 Å². The summed E-state index contributed by atoms with van der Waals surface area (Å²) in [5.74, 6) is 0.536. The van der Waals surface area contributed by atoms with Gasteiger partial charge in [0.2, 0.25) is 0 Å². The second-order valence-electron chi connectivity index (χ2n) is 6.78. The maximum atomic E-state index is 14.4. The van der Waals surface area contributed by atoms with Gasteiger partial charge < -0.3 is 20.1 Å². The summed E-state index contributed by atoms with van der Waals surface area (Å²) in [5, 5.41) is 13.1. The van der Waals surface area contributed by atoms with Crippen molar-refractivity contribution in [2.24, 2.45) is 5.92 Å². The van der Waals surface area contributed by atoms with Crippen LogP contribution >= 0.6 is 0 Å². The summed E-state index contributed by atoms with van der Waals surface area (Å²) in [6, 6.07) is 5.86. The molecule has 1 aliphatic carbocycles. The summed E-state index contributed by atoms with van der Waals surface area (Å²) in [7, 11) is 1.72. The molecule has 1 aromatic rings. The van der Waals surface area contributed by atoms with Gasteiger partial charge in [0.1, 0.15) is 5.82 Å². The first kappa shape index (κ1) is 16.7. The van der Waals surface area contributed by atoms with Gasteiger partial charge in [0.25, 0.3) is 0 Å². The molecule has 1 atom stereocenters. The number of piperidine rings is 1. The topological polar surface area (TPSA) is 44.7 Å². The number of aliphatic hydroxyl groups is 1. The number of ether oxygens (including phenoxy) is 1. The van der Waals surface area contributed by atoms with Crippen LogP contribution in [0.25, 0.3) is 0 Å². The predicted octanol–water partition coefficient (Wildman–Crippen LogP) is 2.30. The molecule has 0 amide bonds. The zero-order valence-electron chi connectivity index (χ0n) is 13.8. The van der Waals surface area contributed by atoms with Crippen LogP contribution in [0.4, 0.5) is 10.1 Å². The average Bonchev–Trinajstić information content (AvgIpc) is 3.37. The van der Waals surface area contributed by atoms with E-state index in [2.05, 4.69) is 5.32 Å². The standard InChI is InChI=1S/C18H27FN2O2/c1-23-12-17(14-3-4-14)20-11-13-2-5-18(16(19)10-13)21-8-6-15(22)7-9-21/h2,5,10,14-15,17,20,22H,3-4,6-9,11-12H2,1H3. The summed E-state index contributed by atoms with van der Waals surface area (Å²) < 4.78 is 19.7. The van der Waals surface area contributed by atoms with E-state index in [0.29, 0.717) is 56.7 Å². The van der Waals surface area contributed by atoms with Crippen LogP contribution < -0.4 is 10.2 Å². The molecule has 0 aromatic heterocycles. The second-order valence-corrected chi connectivity index (χ2v) is 6.78. The van der Waals surface area contributed by atoms with Crippen LogP contribution in [0.15, 0.2) is 18.2 Å². The van der Waals surface area contributed by atoms with Crippen LogP contribution in [0.1, 0.15) is 31.2 Å². The van der Waals surface area contributed by atoms with Crippen molar-refractivity contribution in [1.82, 2.24) is 5.32 Å². The second kappa shape index (κ2) is 7.60. The molecule has 128 valence electrons. The van der Waals surface area contributed by atoms with Gasteiger partial charge in [-0.05, 0) is 49.3 Å². The SMILES string of the molecule is COCC(NCc1ccc(N2CCC(O)CC2)c(F)c1)C1CC1. The highest BCUT2D eigenvalue weighted by Gasteiger charge is 2.30. The normalized spacial score (nSPS) is 20.7. The maximum Gasteiger partial charge on any atom is 0.146 e. The minimum Gasteiger partial charge on any atom is -0.393 e. The molecule has 2 fully saturated rings. The lowest BCUT2D eigenvalue weighted by Gasteiger charge is -2.31. The number of hydrogen-bond acceptors (Lipinski definition) is 4. The number of hydrogen-bond donors (Lipinski definition) is 2. The van der Waals surface area contributed by atoms with Gasteiger partial charge in [-0.15, -0.1) is 0 Å². The molecule has 1 unspecified atom stereocenters. The van der Waals surface area contributed by atoms with E-state index in [1.807, 2.05) is 17.0 Å². The van der Waals surface area contributed by atoms with E-state index < -0.39 is 0 Å². The number of nitrogens with zero attached hydrogens (tertiary/aromatic N) is 1. The first-order valence-corrected chi connectivity index (χ1v) is 8.61. The van der Waals surface area contributed by atoms with Crippen molar-refractivity contribution in [3.8, 4) is 0 Å².